The summed E-state index contributed by atoms with van der Waals surface area (Å²) in [5.74, 6) is 0. The van der Waals surface area contributed by atoms with E-state index in [9.17, 15) is 0 Å². The molecule has 0 amide bonds. The van der Waals surface area contributed by atoms with E-state index in [4.69, 9.17) is 0 Å². The first-order valence-corrected chi connectivity index (χ1v) is 6.93. The van der Waals surface area contributed by atoms with Crippen LogP contribution in [0.4, 0.5) is 17.1 Å². The maximum atomic E-state index is 3.51. The van der Waals surface area contributed by atoms with Crippen molar-refractivity contribution in [3.8, 4) is 0 Å². The van der Waals surface area contributed by atoms with Gasteiger partial charge in [-0.1, -0.05) is 18.2 Å². The largest absolute Gasteiger partial charge is 0.383 e. The molecule has 0 aromatic heterocycles. The van der Waals surface area contributed by atoms with Crippen molar-refractivity contribution in [2.45, 2.75) is 20.3 Å². The van der Waals surface area contributed by atoms with E-state index in [-0.39, 0.29) is 0 Å². The van der Waals surface area contributed by atoms with Crippen LogP contribution >= 0.6 is 0 Å². The fraction of sp³-hybridized carbons (Fsp3) is 0.294. The molecule has 98 valence electrons. The third-order valence-electron chi connectivity index (χ3n) is 3.87. The molecule has 0 bridgehead atoms. The highest BCUT2D eigenvalue weighted by Crippen LogP contribution is 2.34. The number of nitrogens with zero attached hydrogens (tertiary/aromatic N) is 1. The number of nitrogens with one attached hydrogen (secondary N) is 1. The Hall–Kier alpha value is -1.96. The third-order valence-corrected chi connectivity index (χ3v) is 3.87. The molecule has 0 atom stereocenters. The lowest BCUT2D eigenvalue weighted by atomic mass is 10.1. The molecule has 0 radical (unpaired) electrons. The minimum Gasteiger partial charge on any atom is -0.383 e. The molecule has 0 aliphatic carbocycles. The summed E-state index contributed by atoms with van der Waals surface area (Å²) in [7, 11) is 0. The third kappa shape index (κ3) is 2.30. The van der Waals surface area contributed by atoms with E-state index in [1.165, 1.54) is 28.2 Å². The van der Waals surface area contributed by atoms with Crippen molar-refractivity contribution in [3.05, 3.63) is 53.6 Å². The Morgan fingerprint density at radius 1 is 1.00 bits per heavy atom. The number of hydrogen-bond donors (Lipinski definition) is 1. The predicted molar refractivity (Wildman–Crippen MR) is 82.5 cm³/mol. The van der Waals surface area contributed by atoms with Gasteiger partial charge in [-0.2, -0.15) is 0 Å². The van der Waals surface area contributed by atoms with Gasteiger partial charge in [-0.25, -0.2) is 0 Å². The molecule has 19 heavy (non-hydrogen) atoms. The highest BCUT2D eigenvalue weighted by atomic mass is 15.2. The van der Waals surface area contributed by atoms with Gasteiger partial charge in [-0.3, -0.25) is 0 Å². The van der Waals surface area contributed by atoms with Crippen LogP contribution in [-0.4, -0.2) is 13.1 Å². The second-order valence-electron chi connectivity index (χ2n) is 5.22. The summed E-state index contributed by atoms with van der Waals surface area (Å²) in [6.45, 7) is 6.45. The predicted octanol–water partition coefficient (Wildman–Crippen LogP) is 4.26. The van der Waals surface area contributed by atoms with Crippen molar-refractivity contribution in [2.75, 3.05) is 23.3 Å². The Labute approximate surface area is 115 Å². The summed E-state index contributed by atoms with van der Waals surface area (Å²) < 4.78 is 0. The molecule has 1 aliphatic rings. The van der Waals surface area contributed by atoms with Crippen molar-refractivity contribution in [3.63, 3.8) is 0 Å². The molecule has 1 N–H and O–H groups in total. The van der Waals surface area contributed by atoms with Crippen LogP contribution in [0.15, 0.2) is 42.5 Å². The van der Waals surface area contributed by atoms with Crippen LogP contribution in [0.3, 0.4) is 0 Å². The van der Waals surface area contributed by atoms with Gasteiger partial charge in [0.05, 0.1) is 11.4 Å². The first kappa shape index (κ1) is 12.1. The lowest BCUT2D eigenvalue weighted by Crippen LogP contribution is -2.17. The monoisotopic (exact) mass is 252 g/mol. The Bertz CT molecular complexity index is 590. The number of para-hydroxylation sites is 2. The molecule has 2 aromatic rings. The summed E-state index contributed by atoms with van der Waals surface area (Å²) in [6, 6.07) is 15.3. The van der Waals surface area contributed by atoms with E-state index in [0.717, 1.165) is 19.5 Å². The van der Waals surface area contributed by atoms with Crippen LogP contribution in [0.2, 0.25) is 0 Å². The van der Waals surface area contributed by atoms with E-state index in [0.29, 0.717) is 0 Å². The van der Waals surface area contributed by atoms with Crippen LogP contribution in [0.5, 0.6) is 0 Å². The number of benzene rings is 2. The summed E-state index contributed by atoms with van der Waals surface area (Å²) >= 11 is 0. The van der Waals surface area contributed by atoms with Crippen molar-refractivity contribution in [1.82, 2.24) is 0 Å². The van der Waals surface area contributed by atoms with Crippen LogP contribution in [0, 0.1) is 13.8 Å². The molecule has 1 aliphatic heterocycles. The SMILES string of the molecule is Cc1ccc(N2CCCNc3ccccc32)cc1C. The summed E-state index contributed by atoms with van der Waals surface area (Å²) in [4.78, 5) is 2.42. The molecule has 0 fully saturated rings. The fourth-order valence-electron chi connectivity index (χ4n) is 2.60. The molecule has 2 aromatic carbocycles. The van der Waals surface area contributed by atoms with Crippen molar-refractivity contribution >= 4 is 17.1 Å². The Morgan fingerprint density at radius 3 is 2.68 bits per heavy atom. The zero-order chi connectivity index (χ0) is 13.2. The number of fused-ring (bicyclic) bond motifs is 1. The molecule has 3 rings (SSSR count). The van der Waals surface area contributed by atoms with E-state index >= 15 is 0 Å². The topological polar surface area (TPSA) is 15.3 Å². The molecule has 0 unspecified atom stereocenters. The van der Waals surface area contributed by atoms with Crippen molar-refractivity contribution in [1.29, 1.82) is 0 Å². The maximum absolute atomic E-state index is 3.51. The highest BCUT2D eigenvalue weighted by molar-refractivity contribution is 5.77. The zero-order valence-electron chi connectivity index (χ0n) is 11.6. The normalized spacial score (nSPS) is 14.5. The Balaban J connectivity index is 2.06. The number of rotatable bonds is 1. The number of anilines is 3. The summed E-state index contributed by atoms with van der Waals surface area (Å²) in [5, 5.41) is 3.51. The quantitative estimate of drug-likeness (QED) is 0.816. The molecule has 1 heterocycles. The van der Waals surface area contributed by atoms with E-state index in [2.05, 4.69) is 66.5 Å². The smallest absolute Gasteiger partial charge is 0.0646 e. The highest BCUT2D eigenvalue weighted by Gasteiger charge is 2.16. The van der Waals surface area contributed by atoms with E-state index in [1.54, 1.807) is 0 Å². The molecule has 0 saturated carbocycles. The van der Waals surface area contributed by atoms with E-state index < -0.39 is 0 Å². The van der Waals surface area contributed by atoms with Crippen LogP contribution in [-0.2, 0) is 0 Å². The second-order valence-corrected chi connectivity index (χ2v) is 5.22. The Morgan fingerprint density at radius 2 is 1.84 bits per heavy atom. The minimum absolute atomic E-state index is 1.04. The van der Waals surface area contributed by atoms with Gasteiger partial charge >= 0.3 is 0 Å². The van der Waals surface area contributed by atoms with Gasteiger partial charge in [-0.15, -0.1) is 0 Å². The lowest BCUT2D eigenvalue weighted by Gasteiger charge is -2.25. The zero-order valence-corrected chi connectivity index (χ0v) is 11.6. The van der Waals surface area contributed by atoms with Gasteiger partial charge in [0.2, 0.25) is 0 Å². The second kappa shape index (κ2) is 4.96. The average Bonchev–Trinajstić information content (AvgIpc) is 2.64. The van der Waals surface area contributed by atoms with Gasteiger partial charge < -0.3 is 10.2 Å². The molecule has 0 saturated heterocycles. The van der Waals surface area contributed by atoms with Crippen molar-refractivity contribution in [2.24, 2.45) is 0 Å². The van der Waals surface area contributed by atoms with Crippen LogP contribution in [0.1, 0.15) is 17.5 Å². The molecule has 2 nitrogen and oxygen atoms in total. The van der Waals surface area contributed by atoms with Crippen molar-refractivity contribution < 1.29 is 0 Å². The number of aryl methyl sites for hydroxylation is 2. The Kier molecular flexibility index (Phi) is 3.16. The van der Waals surface area contributed by atoms with Gasteiger partial charge in [-0.05, 0) is 55.7 Å². The van der Waals surface area contributed by atoms with Gasteiger partial charge in [0, 0.05) is 18.8 Å². The van der Waals surface area contributed by atoms with Crippen LogP contribution < -0.4 is 10.2 Å². The molecule has 0 spiro atoms. The first-order chi connectivity index (χ1) is 9.25. The maximum Gasteiger partial charge on any atom is 0.0646 e. The summed E-state index contributed by atoms with van der Waals surface area (Å²) in [5.41, 5.74) is 6.51. The fourth-order valence-corrected chi connectivity index (χ4v) is 2.60. The standard InChI is InChI=1S/C17H20N2/c1-13-8-9-15(12-14(13)2)19-11-5-10-18-16-6-3-4-7-17(16)19/h3-4,6-9,12,18H,5,10-11H2,1-2H3. The number of hydrogen-bond acceptors (Lipinski definition) is 2. The van der Waals surface area contributed by atoms with Gasteiger partial charge in [0.1, 0.15) is 0 Å². The first-order valence-electron chi connectivity index (χ1n) is 6.93. The summed E-state index contributed by atoms with van der Waals surface area (Å²) in [6.07, 6.45) is 1.15. The van der Waals surface area contributed by atoms with Crippen LogP contribution in [0.25, 0.3) is 0 Å². The lowest BCUT2D eigenvalue weighted by molar-refractivity contribution is 0.863. The molecular formula is C17H20N2. The molecule has 2 heteroatoms. The average molecular weight is 252 g/mol. The molecular weight excluding hydrogens is 232 g/mol. The van der Waals surface area contributed by atoms with Gasteiger partial charge in [0.25, 0.3) is 0 Å². The van der Waals surface area contributed by atoms with Gasteiger partial charge in [0.15, 0.2) is 0 Å². The van der Waals surface area contributed by atoms with E-state index in [1.807, 2.05) is 0 Å². The minimum atomic E-state index is 1.04.